The average Bonchev–Trinajstić information content (AvgIpc) is 2.99. The molecule has 3 rings (SSSR count). The van der Waals surface area contributed by atoms with Crippen molar-refractivity contribution in [3.63, 3.8) is 0 Å². The van der Waals surface area contributed by atoms with Crippen molar-refractivity contribution < 1.29 is 14.3 Å². The molecule has 6 unspecified atom stereocenters. The number of Topliss-reactive ketones (excluding diaryl/α,β-unsaturated/α-hetero) is 1. The van der Waals surface area contributed by atoms with Crippen LogP contribution in [0, 0.1) is 34.5 Å². The summed E-state index contributed by atoms with van der Waals surface area (Å²) < 4.78 is 4.80. The van der Waals surface area contributed by atoms with Crippen LogP contribution in [-0.4, -0.2) is 18.9 Å². The molecular weight excluding hydrogens is 408 g/mol. The van der Waals surface area contributed by atoms with E-state index in [9.17, 15) is 9.59 Å². The first kappa shape index (κ1) is 30.2. The lowest BCUT2D eigenvalue weighted by Crippen LogP contribution is -2.40. The van der Waals surface area contributed by atoms with Gasteiger partial charge in [0.2, 0.25) is 0 Å². The molecule has 0 aromatic heterocycles. The summed E-state index contributed by atoms with van der Waals surface area (Å²) in [6, 6.07) is 0. The van der Waals surface area contributed by atoms with E-state index in [2.05, 4.69) is 20.8 Å². The zero-order valence-electron chi connectivity index (χ0n) is 23.4. The third-order valence-corrected chi connectivity index (χ3v) is 9.69. The second kappa shape index (κ2) is 14.5. The molecule has 3 fully saturated rings. The Hall–Kier alpha value is -0.860. The lowest BCUT2D eigenvalue weighted by atomic mass is 9.56. The number of carbonyl (C=O) groups excluding carboxylic acids is 2. The van der Waals surface area contributed by atoms with Gasteiger partial charge in [0.25, 0.3) is 0 Å². The first-order chi connectivity index (χ1) is 15.8. The van der Waals surface area contributed by atoms with Crippen molar-refractivity contribution in [3.8, 4) is 0 Å². The topological polar surface area (TPSA) is 43.4 Å². The predicted molar refractivity (Wildman–Crippen MR) is 140 cm³/mol. The molecule has 0 heterocycles. The molecule has 3 heteroatoms. The van der Waals surface area contributed by atoms with E-state index < -0.39 is 0 Å². The fourth-order valence-corrected chi connectivity index (χ4v) is 7.06. The van der Waals surface area contributed by atoms with Crippen LogP contribution >= 0.6 is 0 Å². The van der Waals surface area contributed by atoms with Crippen molar-refractivity contribution in [1.29, 1.82) is 0 Å². The van der Waals surface area contributed by atoms with Crippen molar-refractivity contribution in [3.05, 3.63) is 0 Å². The highest BCUT2D eigenvalue weighted by Gasteiger charge is 2.48. The van der Waals surface area contributed by atoms with E-state index in [0.717, 1.165) is 43.4 Å². The molecule has 0 bridgehead atoms. The minimum absolute atomic E-state index is 0.0654. The van der Waals surface area contributed by atoms with Gasteiger partial charge in [0.1, 0.15) is 5.78 Å². The van der Waals surface area contributed by atoms with Gasteiger partial charge >= 0.3 is 5.97 Å². The average molecular weight is 465 g/mol. The van der Waals surface area contributed by atoms with Crippen molar-refractivity contribution in [2.24, 2.45) is 34.5 Å². The number of ether oxygens (including phenoxy) is 1. The van der Waals surface area contributed by atoms with Crippen LogP contribution in [0.5, 0.6) is 0 Å². The maximum Gasteiger partial charge on any atom is 0.305 e. The second-order valence-corrected chi connectivity index (χ2v) is 11.1. The van der Waals surface area contributed by atoms with Crippen molar-refractivity contribution in [2.75, 3.05) is 7.11 Å². The second-order valence-electron chi connectivity index (χ2n) is 11.1. The Balaban J connectivity index is 0.00000129. The normalized spacial score (nSPS) is 35.8. The summed E-state index contributed by atoms with van der Waals surface area (Å²) in [5.74, 6) is 3.40. The quantitative estimate of drug-likeness (QED) is 0.354. The fourth-order valence-electron chi connectivity index (χ4n) is 7.06. The van der Waals surface area contributed by atoms with E-state index in [1.54, 1.807) is 0 Å². The molecule has 0 amide bonds. The van der Waals surface area contributed by atoms with Gasteiger partial charge < -0.3 is 4.74 Å². The number of hydrogen-bond donors (Lipinski definition) is 0. The smallest absolute Gasteiger partial charge is 0.305 e. The van der Waals surface area contributed by atoms with Crippen LogP contribution in [0.25, 0.3) is 0 Å². The Morgan fingerprint density at radius 1 is 1.00 bits per heavy atom. The van der Waals surface area contributed by atoms with Crippen molar-refractivity contribution in [2.45, 2.75) is 138 Å². The van der Waals surface area contributed by atoms with Gasteiger partial charge in [-0.25, -0.2) is 0 Å². The number of fused-ring (bicyclic) bond motifs is 1. The Morgan fingerprint density at radius 3 is 2.27 bits per heavy atom. The summed E-state index contributed by atoms with van der Waals surface area (Å²) >= 11 is 0. The molecule has 0 saturated heterocycles. The third kappa shape index (κ3) is 7.56. The minimum Gasteiger partial charge on any atom is -0.469 e. The Kier molecular flexibility index (Phi) is 13.3. The number of hydrogen-bond acceptors (Lipinski definition) is 3. The molecule has 0 spiro atoms. The van der Waals surface area contributed by atoms with Gasteiger partial charge in [-0.15, -0.1) is 0 Å². The molecule has 0 aliphatic heterocycles. The van der Waals surface area contributed by atoms with Gasteiger partial charge in [-0.1, -0.05) is 61.3 Å². The van der Waals surface area contributed by atoms with Gasteiger partial charge in [-0.05, 0) is 93.3 Å². The lowest BCUT2D eigenvalue weighted by molar-refractivity contribution is -0.140. The molecule has 6 atom stereocenters. The van der Waals surface area contributed by atoms with Crippen LogP contribution in [-0.2, 0) is 14.3 Å². The number of esters is 1. The lowest BCUT2D eigenvalue weighted by Gasteiger charge is -2.49. The Morgan fingerprint density at radius 2 is 1.67 bits per heavy atom. The van der Waals surface area contributed by atoms with Gasteiger partial charge in [-0.3, -0.25) is 9.59 Å². The number of rotatable bonds is 7. The van der Waals surface area contributed by atoms with E-state index in [1.807, 2.05) is 27.7 Å². The summed E-state index contributed by atoms with van der Waals surface area (Å²) in [5, 5.41) is 0. The first-order valence-corrected chi connectivity index (χ1v) is 14.4. The van der Waals surface area contributed by atoms with E-state index in [0.29, 0.717) is 23.5 Å². The number of methoxy groups -OCH3 is 1. The first-order valence-electron chi connectivity index (χ1n) is 14.4. The molecule has 0 radical (unpaired) electrons. The van der Waals surface area contributed by atoms with Gasteiger partial charge in [0.15, 0.2) is 0 Å². The van der Waals surface area contributed by atoms with Crippen molar-refractivity contribution in [1.82, 2.24) is 0 Å². The monoisotopic (exact) mass is 464 g/mol. The summed E-state index contributed by atoms with van der Waals surface area (Å²) in [6.45, 7) is 15.1. The Bertz CT molecular complexity index is 585. The molecule has 194 valence electrons. The molecule has 0 aromatic carbocycles. The molecule has 3 nitrogen and oxygen atoms in total. The van der Waals surface area contributed by atoms with Gasteiger partial charge in [0.05, 0.1) is 7.11 Å². The van der Waals surface area contributed by atoms with Crippen LogP contribution in [0.4, 0.5) is 0 Å². The zero-order chi connectivity index (χ0) is 25.1. The van der Waals surface area contributed by atoms with Gasteiger partial charge in [-0.2, -0.15) is 0 Å². The van der Waals surface area contributed by atoms with Crippen LogP contribution in [0.3, 0.4) is 0 Å². The SMILES string of the molecule is CC.CC.COC(=O)CCCC1CCC2(C)C(CCC3(C)C(=O)CCC3C)CCCCC2C1. The molecular formula is C30H56O3. The number of ketones is 1. The highest BCUT2D eigenvalue weighted by molar-refractivity contribution is 5.86. The molecule has 3 aliphatic carbocycles. The summed E-state index contributed by atoms with van der Waals surface area (Å²) in [7, 11) is 1.49. The van der Waals surface area contributed by atoms with Crippen molar-refractivity contribution >= 4 is 11.8 Å². The van der Waals surface area contributed by atoms with Gasteiger partial charge in [0, 0.05) is 18.3 Å². The standard InChI is InChI=1S/C26H44O3.2C2H6/c1-19-12-13-23(27)25(19,2)17-15-21-9-5-6-10-22-18-20(14-16-26(21,22)3)8-7-11-24(28)29-4;2*1-2/h19-22H,5-18H2,1-4H3;2*1-2H3. The molecule has 0 aromatic rings. The van der Waals surface area contributed by atoms with E-state index in [-0.39, 0.29) is 11.4 Å². The highest BCUT2D eigenvalue weighted by atomic mass is 16.5. The molecule has 33 heavy (non-hydrogen) atoms. The predicted octanol–water partition coefficient (Wildman–Crippen LogP) is 8.78. The van der Waals surface area contributed by atoms with E-state index in [1.165, 1.54) is 64.9 Å². The summed E-state index contributed by atoms with van der Waals surface area (Å²) in [5.41, 5.74) is 0.389. The summed E-state index contributed by atoms with van der Waals surface area (Å²) in [6.07, 6.45) is 16.4. The molecule has 3 saturated carbocycles. The summed E-state index contributed by atoms with van der Waals surface area (Å²) in [4.78, 5) is 24.0. The van der Waals surface area contributed by atoms with Crippen LogP contribution in [0.2, 0.25) is 0 Å². The van der Waals surface area contributed by atoms with E-state index >= 15 is 0 Å². The van der Waals surface area contributed by atoms with E-state index in [4.69, 9.17) is 4.74 Å². The highest BCUT2D eigenvalue weighted by Crippen LogP contribution is 2.56. The van der Waals surface area contributed by atoms with Crippen LogP contribution in [0.1, 0.15) is 138 Å². The largest absolute Gasteiger partial charge is 0.469 e. The van der Waals surface area contributed by atoms with Crippen LogP contribution < -0.4 is 0 Å². The third-order valence-electron chi connectivity index (χ3n) is 9.69. The molecule has 0 N–H and O–H groups in total. The van der Waals surface area contributed by atoms with Crippen LogP contribution in [0.15, 0.2) is 0 Å². The zero-order valence-corrected chi connectivity index (χ0v) is 23.4. The maximum atomic E-state index is 12.6. The minimum atomic E-state index is -0.0662. The molecule has 3 aliphatic rings. The maximum absolute atomic E-state index is 12.6. The Labute approximate surface area is 206 Å². The fraction of sp³-hybridized carbons (Fsp3) is 0.933. The number of carbonyl (C=O) groups is 2.